The summed E-state index contributed by atoms with van der Waals surface area (Å²) in [5.41, 5.74) is 6.96. The van der Waals surface area contributed by atoms with E-state index in [0.717, 1.165) is 17.9 Å². The monoisotopic (exact) mass is 192 g/mol. The molecule has 2 N–H and O–H groups in total. The van der Waals surface area contributed by atoms with Gasteiger partial charge in [-0.05, 0) is 36.8 Å². The Hall–Kier alpha value is -1.58. The lowest BCUT2D eigenvalue weighted by molar-refractivity contribution is -0.383. The van der Waals surface area contributed by atoms with E-state index in [1.54, 1.807) is 12.1 Å². The highest BCUT2D eigenvalue weighted by Gasteiger charge is 2.22. The summed E-state index contributed by atoms with van der Waals surface area (Å²) in [7, 11) is 0. The molecule has 0 radical (unpaired) electrons. The first-order chi connectivity index (χ1) is 6.66. The molecule has 0 aliphatic heterocycles. The van der Waals surface area contributed by atoms with E-state index in [4.69, 9.17) is 5.73 Å². The molecule has 1 aliphatic carbocycles. The van der Waals surface area contributed by atoms with Gasteiger partial charge in [-0.25, -0.2) is 0 Å². The molecule has 74 valence electrons. The van der Waals surface area contributed by atoms with Crippen LogP contribution in [0.15, 0.2) is 18.2 Å². The van der Waals surface area contributed by atoms with E-state index in [9.17, 15) is 10.1 Å². The molecule has 0 atom stereocenters. The Kier molecular flexibility index (Phi) is 2.11. The Bertz CT molecular complexity index is 372. The van der Waals surface area contributed by atoms with E-state index in [0.29, 0.717) is 0 Å². The van der Waals surface area contributed by atoms with Gasteiger partial charge in [0.25, 0.3) is 5.69 Å². The number of hydrogen-bond donors (Lipinski definition) is 1. The van der Waals surface area contributed by atoms with Crippen molar-refractivity contribution in [2.45, 2.75) is 19.3 Å². The zero-order valence-electron chi connectivity index (χ0n) is 7.77. The largest absolute Gasteiger partial charge is 0.393 e. The van der Waals surface area contributed by atoms with Crippen molar-refractivity contribution in [1.29, 1.82) is 0 Å². The Morgan fingerprint density at radius 3 is 2.71 bits per heavy atom. The van der Waals surface area contributed by atoms with Crippen LogP contribution >= 0.6 is 0 Å². The summed E-state index contributed by atoms with van der Waals surface area (Å²) in [6.07, 6.45) is 3.55. The lowest BCUT2D eigenvalue weighted by Gasteiger charge is -2.01. The van der Waals surface area contributed by atoms with Crippen LogP contribution < -0.4 is 5.73 Å². The Balaban J connectivity index is 2.20. The fraction of sp³-hybridized carbons (Fsp3) is 0.400. The number of benzene rings is 1. The number of nitro groups is 1. The van der Waals surface area contributed by atoms with Gasteiger partial charge in [0.05, 0.1) is 4.92 Å². The number of nitrogens with two attached hydrogens (primary N) is 1. The van der Waals surface area contributed by atoms with Gasteiger partial charge in [-0.15, -0.1) is 0 Å². The molecule has 1 fully saturated rings. The molecule has 0 aromatic heterocycles. The van der Waals surface area contributed by atoms with Gasteiger partial charge in [-0.2, -0.15) is 0 Å². The number of nitrogens with zero attached hydrogens (tertiary/aromatic N) is 1. The Morgan fingerprint density at radius 1 is 1.50 bits per heavy atom. The molecule has 14 heavy (non-hydrogen) atoms. The van der Waals surface area contributed by atoms with Gasteiger partial charge < -0.3 is 5.73 Å². The normalized spacial score (nSPS) is 15.4. The highest BCUT2D eigenvalue weighted by molar-refractivity contribution is 5.59. The zero-order chi connectivity index (χ0) is 10.1. The molecule has 4 nitrogen and oxygen atoms in total. The minimum Gasteiger partial charge on any atom is -0.393 e. The lowest BCUT2D eigenvalue weighted by atomic mass is 10.1. The molecule has 1 aromatic carbocycles. The minimum atomic E-state index is -0.448. The summed E-state index contributed by atoms with van der Waals surface area (Å²) in [5.74, 6) is 0.774. The highest BCUT2D eigenvalue weighted by atomic mass is 16.6. The van der Waals surface area contributed by atoms with Gasteiger partial charge in [-0.1, -0.05) is 6.07 Å². The number of rotatable bonds is 3. The third kappa shape index (κ3) is 1.84. The summed E-state index contributed by atoms with van der Waals surface area (Å²) in [6.45, 7) is 0. The van der Waals surface area contributed by atoms with E-state index < -0.39 is 4.92 Å². The predicted octanol–water partition coefficient (Wildman–Crippen LogP) is 2.13. The maximum absolute atomic E-state index is 10.5. The molecule has 0 saturated heterocycles. The summed E-state index contributed by atoms with van der Waals surface area (Å²) in [5, 5.41) is 10.5. The Labute approximate surface area is 81.9 Å². The SMILES string of the molecule is Nc1cc(CC2CC2)ccc1[N+](=O)[O-]. The average Bonchev–Trinajstić information content (AvgIpc) is 2.87. The molecule has 0 bridgehead atoms. The Morgan fingerprint density at radius 2 is 2.21 bits per heavy atom. The van der Waals surface area contributed by atoms with Crippen LogP contribution in [0, 0.1) is 16.0 Å². The average molecular weight is 192 g/mol. The molecule has 0 heterocycles. The van der Waals surface area contributed by atoms with Gasteiger partial charge in [0.15, 0.2) is 0 Å². The van der Waals surface area contributed by atoms with Crippen LogP contribution in [0.5, 0.6) is 0 Å². The first-order valence-corrected chi connectivity index (χ1v) is 4.69. The van der Waals surface area contributed by atoms with Gasteiger partial charge in [-0.3, -0.25) is 10.1 Å². The molecule has 1 aromatic rings. The summed E-state index contributed by atoms with van der Waals surface area (Å²) in [6, 6.07) is 5.01. The molecule has 2 rings (SSSR count). The molecule has 4 heteroatoms. The van der Waals surface area contributed by atoms with Crippen LogP contribution in [-0.4, -0.2) is 4.92 Å². The van der Waals surface area contributed by atoms with E-state index >= 15 is 0 Å². The van der Waals surface area contributed by atoms with Crippen molar-refractivity contribution in [3.63, 3.8) is 0 Å². The highest BCUT2D eigenvalue weighted by Crippen LogP contribution is 2.33. The zero-order valence-corrected chi connectivity index (χ0v) is 7.77. The predicted molar refractivity (Wildman–Crippen MR) is 53.9 cm³/mol. The van der Waals surface area contributed by atoms with Crippen LogP contribution in [0.25, 0.3) is 0 Å². The van der Waals surface area contributed by atoms with E-state index in [-0.39, 0.29) is 11.4 Å². The first-order valence-electron chi connectivity index (χ1n) is 4.69. The number of nitro benzene ring substituents is 1. The third-order valence-corrected chi connectivity index (χ3v) is 2.51. The van der Waals surface area contributed by atoms with Crippen LogP contribution in [-0.2, 0) is 6.42 Å². The molecular weight excluding hydrogens is 180 g/mol. The number of nitrogen functional groups attached to an aromatic ring is 1. The minimum absolute atomic E-state index is 0.00421. The number of anilines is 1. The van der Waals surface area contributed by atoms with E-state index in [1.807, 2.05) is 0 Å². The second kappa shape index (κ2) is 3.29. The van der Waals surface area contributed by atoms with Gasteiger partial charge in [0.1, 0.15) is 5.69 Å². The van der Waals surface area contributed by atoms with Crippen LogP contribution in [0.1, 0.15) is 18.4 Å². The van der Waals surface area contributed by atoms with Gasteiger partial charge in [0.2, 0.25) is 0 Å². The molecule has 0 unspecified atom stereocenters. The standard InChI is InChI=1S/C10H12N2O2/c11-9-6-8(5-7-1-2-7)3-4-10(9)12(13)14/h3-4,6-7H,1-2,5,11H2. The summed E-state index contributed by atoms with van der Waals surface area (Å²) < 4.78 is 0. The molecule has 1 aliphatic rings. The molecule has 0 spiro atoms. The molecular formula is C10H12N2O2. The maximum atomic E-state index is 10.5. The third-order valence-electron chi connectivity index (χ3n) is 2.51. The van der Waals surface area contributed by atoms with Gasteiger partial charge in [0, 0.05) is 6.07 Å². The lowest BCUT2D eigenvalue weighted by Crippen LogP contribution is -1.97. The van der Waals surface area contributed by atoms with E-state index in [1.165, 1.54) is 18.9 Å². The van der Waals surface area contributed by atoms with Crippen molar-refractivity contribution in [1.82, 2.24) is 0 Å². The van der Waals surface area contributed by atoms with Crippen LogP contribution in [0.3, 0.4) is 0 Å². The smallest absolute Gasteiger partial charge is 0.292 e. The summed E-state index contributed by atoms with van der Waals surface area (Å²) in [4.78, 5) is 10.0. The van der Waals surface area contributed by atoms with Crippen molar-refractivity contribution in [2.75, 3.05) is 5.73 Å². The molecule has 0 amide bonds. The van der Waals surface area contributed by atoms with Crippen molar-refractivity contribution in [3.05, 3.63) is 33.9 Å². The second-order valence-electron chi connectivity index (χ2n) is 3.80. The fourth-order valence-corrected chi connectivity index (χ4v) is 1.55. The van der Waals surface area contributed by atoms with Crippen molar-refractivity contribution >= 4 is 11.4 Å². The van der Waals surface area contributed by atoms with Crippen molar-refractivity contribution < 1.29 is 4.92 Å². The number of hydrogen-bond acceptors (Lipinski definition) is 3. The van der Waals surface area contributed by atoms with E-state index in [2.05, 4.69) is 0 Å². The van der Waals surface area contributed by atoms with Crippen molar-refractivity contribution in [3.8, 4) is 0 Å². The second-order valence-corrected chi connectivity index (χ2v) is 3.80. The fourth-order valence-electron chi connectivity index (χ4n) is 1.55. The van der Waals surface area contributed by atoms with Gasteiger partial charge >= 0.3 is 0 Å². The summed E-state index contributed by atoms with van der Waals surface area (Å²) >= 11 is 0. The first kappa shape index (κ1) is 8.99. The van der Waals surface area contributed by atoms with Crippen molar-refractivity contribution in [2.24, 2.45) is 5.92 Å². The quantitative estimate of drug-likeness (QED) is 0.453. The topological polar surface area (TPSA) is 69.2 Å². The maximum Gasteiger partial charge on any atom is 0.292 e. The van der Waals surface area contributed by atoms with Crippen LogP contribution in [0.2, 0.25) is 0 Å². The van der Waals surface area contributed by atoms with Crippen LogP contribution in [0.4, 0.5) is 11.4 Å². The molecule has 1 saturated carbocycles.